The average molecular weight is 982 g/mol. The highest BCUT2D eigenvalue weighted by Gasteiger charge is 2.53. The zero-order chi connectivity index (χ0) is 58.3. The van der Waals surface area contributed by atoms with E-state index < -0.39 is 78.5 Å². The van der Waals surface area contributed by atoms with Crippen LogP contribution < -0.4 is 82.8 Å². The van der Waals surface area contributed by atoms with Gasteiger partial charge in [-0.25, -0.2) is 0 Å². The number of ether oxygens (including phenoxy) is 4. The molecule has 0 unspecified atom stereocenters. The third-order valence-electron chi connectivity index (χ3n) is 15.6. The molecule has 0 aliphatic carbocycles. The van der Waals surface area contributed by atoms with Gasteiger partial charge in [-0.2, -0.15) is 0 Å². The summed E-state index contributed by atoms with van der Waals surface area (Å²) < 4.78 is 121. The number of rotatable bonds is 5. The molecular formula is C66H40B3N3O4. The van der Waals surface area contributed by atoms with E-state index in [1.165, 1.54) is 4.90 Å². The quantitative estimate of drug-likeness (QED) is 0.159. The number of para-hydroxylation sites is 8. The van der Waals surface area contributed by atoms with Gasteiger partial charge in [0.1, 0.15) is 46.0 Å². The lowest BCUT2D eigenvalue weighted by molar-refractivity contribution is 0.466. The summed E-state index contributed by atoms with van der Waals surface area (Å²) in [6, 6.07) is 52.9. The Morgan fingerprint density at radius 1 is 0.316 bits per heavy atom. The fraction of sp³-hybridized carbons (Fsp3) is 0. The van der Waals surface area contributed by atoms with Crippen LogP contribution in [0.4, 0.5) is 51.2 Å². The second kappa shape index (κ2) is 15.9. The van der Waals surface area contributed by atoms with Crippen molar-refractivity contribution in [1.82, 2.24) is 0 Å². The first-order chi connectivity index (χ1) is 41.9. The number of hydrogen-bond acceptors (Lipinski definition) is 7. The number of fused-ring (bicyclic) bond motifs is 14. The van der Waals surface area contributed by atoms with Crippen molar-refractivity contribution < 1.29 is 32.7 Å². The highest BCUT2D eigenvalue weighted by atomic mass is 16.5. The second-order valence-corrected chi connectivity index (χ2v) is 19.5. The van der Waals surface area contributed by atoms with Crippen LogP contribution in [-0.2, 0) is 0 Å². The van der Waals surface area contributed by atoms with Crippen molar-refractivity contribution in [2.45, 2.75) is 0 Å². The zero-order valence-electron chi connectivity index (χ0n) is 50.0. The molecule has 0 spiro atoms. The van der Waals surface area contributed by atoms with Crippen LogP contribution in [-0.4, -0.2) is 20.1 Å². The van der Waals surface area contributed by atoms with Crippen LogP contribution in [0.3, 0.4) is 0 Å². The monoisotopic (exact) mass is 981 g/mol. The fourth-order valence-electron chi connectivity index (χ4n) is 12.7. The van der Waals surface area contributed by atoms with Gasteiger partial charge < -0.3 is 33.6 Å². The van der Waals surface area contributed by atoms with E-state index in [4.69, 9.17) is 27.2 Å². The minimum absolute atomic E-state index is 0.104. The summed E-state index contributed by atoms with van der Waals surface area (Å²) in [4.78, 5) is 5.44. The molecule has 0 saturated carbocycles. The van der Waals surface area contributed by atoms with E-state index in [0.29, 0.717) is 80.1 Å². The van der Waals surface area contributed by atoms with Gasteiger partial charge in [0.25, 0.3) is 20.1 Å². The SMILES string of the molecule is [2H]c1c([2H])c([2H])c(N(c2cc3c4c(c2)N(c2ccccc2)c2cc5c6c(c2B4c2c(cc4c7c2Oc2ccccc2B7c2ccccc2O4)N3c2ccccc2)Oc2ccccc2B6c2ccccc2O5)c2c([2H])c([2H])c([2H])c([2H])c2[2H])c([2H])c1[2H]. The lowest BCUT2D eigenvalue weighted by atomic mass is 9.29. The van der Waals surface area contributed by atoms with Crippen LogP contribution in [0.15, 0.2) is 242 Å². The molecule has 0 saturated heterocycles. The largest absolute Gasteiger partial charge is 0.459 e. The molecule has 76 heavy (non-hydrogen) atoms. The topological polar surface area (TPSA) is 46.6 Å². The smallest absolute Gasteiger partial charge is 0.261 e. The summed E-state index contributed by atoms with van der Waals surface area (Å²) in [6.45, 7) is -1.42. The van der Waals surface area contributed by atoms with Crippen molar-refractivity contribution in [2.24, 2.45) is 0 Å². The Morgan fingerprint density at radius 2 is 0.671 bits per heavy atom. The predicted molar refractivity (Wildman–Crippen MR) is 311 cm³/mol. The molecule has 10 heteroatoms. The molecule has 7 nitrogen and oxygen atoms in total. The lowest BCUT2D eigenvalue weighted by Crippen LogP contribution is -2.66. The molecule has 6 heterocycles. The summed E-state index contributed by atoms with van der Waals surface area (Å²) in [5.74, 6) is 4.99. The minimum Gasteiger partial charge on any atom is -0.459 e. The van der Waals surface area contributed by atoms with Crippen molar-refractivity contribution >= 4 is 120 Å². The first-order valence-corrected chi connectivity index (χ1v) is 25.2. The maximum Gasteiger partial charge on any atom is 0.261 e. The summed E-state index contributed by atoms with van der Waals surface area (Å²) in [6.07, 6.45) is 0. The molecule has 0 radical (unpaired) electrons. The van der Waals surface area contributed by atoms with Gasteiger partial charge in [-0.05, 0) is 123 Å². The van der Waals surface area contributed by atoms with Crippen molar-refractivity contribution in [3.8, 4) is 46.0 Å². The van der Waals surface area contributed by atoms with E-state index >= 15 is 0 Å². The first kappa shape index (κ1) is 33.1. The molecule has 6 aliphatic rings. The number of hydrogen-bond donors (Lipinski definition) is 0. The van der Waals surface area contributed by atoms with Crippen LogP contribution in [0, 0.1) is 0 Å². The van der Waals surface area contributed by atoms with Gasteiger partial charge in [0.15, 0.2) is 0 Å². The van der Waals surface area contributed by atoms with Crippen LogP contribution in [0.25, 0.3) is 0 Å². The third-order valence-corrected chi connectivity index (χ3v) is 15.6. The predicted octanol–water partition coefficient (Wildman–Crippen LogP) is 10.7. The Kier molecular flexibility index (Phi) is 6.91. The van der Waals surface area contributed by atoms with Crippen molar-refractivity contribution in [3.63, 3.8) is 0 Å². The van der Waals surface area contributed by atoms with Crippen LogP contribution >= 0.6 is 0 Å². The number of anilines is 9. The molecule has 0 atom stereocenters. The minimum atomic E-state index is -0.777. The Hall–Kier alpha value is -9.79. The maximum absolute atomic E-state index is 9.60. The molecule has 0 aromatic heterocycles. The third kappa shape index (κ3) is 5.81. The fourth-order valence-corrected chi connectivity index (χ4v) is 12.7. The van der Waals surface area contributed by atoms with Crippen LogP contribution in [0.5, 0.6) is 46.0 Å². The van der Waals surface area contributed by atoms with E-state index in [9.17, 15) is 5.48 Å². The van der Waals surface area contributed by atoms with Crippen molar-refractivity contribution in [1.29, 1.82) is 0 Å². The highest BCUT2D eigenvalue weighted by Crippen LogP contribution is 2.52. The molecule has 0 N–H and O–H groups in total. The number of benzene rings is 11. The Bertz CT molecular complexity index is 4500. The molecule has 17 rings (SSSR count). The molecule has 11 aromatic carbocycles. The first-order valence-electron chi connectivity index (χ1n) is 30.2. The van der Waals surface area contributed by atoms with Gasteiger partial charge in [0.2, 0.25) is 0 Å². The van der Waals surface area contributed by atoms with E-state index in [2.05, 4.69) is 46.2 Å². The summed E-state index contributed by atoms with van der Waals surface area (Å²) in [5.41, 5.74) is 10.9. The molecular weight excluding hydrogens is 931 g/mol. The molecule has 0 fully saturated rings. The van der Waals surface area contributed by atoms with Gasteiger partial charge in [-0.3, -0.25) is 0 Å². The molecule has 11 aromatic rings. The Morgan fingerprint density at radius 3 is 1.08 bits per heavy atom. The summed E-state index contributed by atoms with van der Waals surface area (Å²) in [5, 5.41) is 0. The number of nitrogens with zero attached hydrogens (tertiary/aromatic N) is 3. The van der Waals surface area contributed by atoms with Gasteiger partial charge in [0, 0.05) is 68.6 Å². The van der Waals surface area contributed by atoms with Gasteiger partial charge in [0.05, 0.1) is 19.4 Å². The Balaban J connectivity index is 1.07. The van der Waals surface area contributed by atoms with Gasteiger partial charge in [-0.15, -0.1) is 0 Å². The molecule has 352 valence electrons. The molecule has 0 bridgehead atoms. The van der Waals surface area contributed by atoms with Crippen LogP contribution in [0.1, 0.15) is 13.7 Å². The Labute approximate surface area is 454 Å². The van der Waals surface area contributed by atoms with E-state index in [0.717, 1.165) is 49.2 Å². The second-order valence-electron chi connectivity index (χ2n) is 19.5. The van der Waals surface area contributed by atoms with E-state index in [-0.39, 0.29) is 19.1 Å². The summed E-state index contributed by atoms with van der Waals surface area (Å²) >= 11 is 0. The standard InChI is InChI=1S/C66H40B3N3O4/c1-5-21-41(22-6-1)70(42-23-7-2-8-24-42)45-37-50-60-51(38-45)72(44-27-11-4-12-28-44)53-40-59-64-66(76-57-36-20-16-32-49(57)68(64)47-30-14-18-34-55(47)74-59)62(53)69(60)61-52(71(50)43-25-9-3-10-26-43)39-58-63-65(61)75-56-35-19-15-31-48(56)67(63)46-29-13-17-33-54(46)73-58/h1-40H/i1D,2D,5D,6D,7D,8D,21D,22D,23D,24D. The lowest BCUT2D eigenvalue weighted by Gasteiger charge is -2.47. The zero-order valence-corrected chi connectivity index (χ0v) is 40.0. The normalized spacial score (nSPS) is 15.7. The van der Waals surface area contributed by atoms with E-state index in [1.807, 2.05) is 146 Å². The van der Waals surface area contributed by atoms with Crippen LogP contribution in [0.2, 0.25) is 0 Å². The van der Waals surface area contributed by atoms with Gasteiger partial charge in [-0.1, -0.05) is 145 Å². The van der Waals surface area contributed by atoms with Crippen molar-refractivity contribution in [3.05, 3.63) is 242 Å². The molecule has 6 aliphatic heterocycles. The molecule has 0 amide bonds. The summed E-state index contributed by atoms with van der Waals surface area (Å²) in [7, 11) is 0. The highest BCUT2D eigenvalue weighted by molar-refractivity contribution is 7.05. The van der Waals surface area contributed by atoms with Gasteiger partial charge >= 0.3 is 0 Å². The average Bonchev–Trinajstić information content (AvgIpc) is 0.729. The maximum atomic E-state index is 9.60. The van der Waals surface area contributed by atoms with E-state index in [1.54, 1.807) is 0 Å². The van der Waals surface area contributed by atoms with Crippen molar-refractivity contribution in [2.75, 3.05) is 14.7 Å².